The van der Waals surface area contributed by atoms with Crippen molar-refractivity contribution in [2.24, 2.45) is 5.92 Å². The van der Waals surface area contributed by atoms with Gasteiger partial charge in [0.15, 0.2) is 5.78 Å². The van der Waals surface area contributed by atoms with Gasteiger partial charge in [0.1, 0.15) is 11.6 Å². The molecule has 7 nitrogen and oxygen atoms in total. The Morgan fingerprint density at radius 3 is 1.65 bits per heavy atom. The van der Waals surface area contributed by atoms with Gasteiger partial charge in [-0.25, -0.2) is 0 Å². The van der Waals surface area contributed by atoms with Crippen LogP contribution in [-0.2, 0) is 33.4 Å². The second-order valence-electron chi connectivity index (χ2n) is 4.00. The van der Waals surface area contributed by atoms with Crippen molar-refractivity contribution in [2.45, 2.75) is 33.6 Å². The first-order chi connectivity index (χ1) is 9.33. The van der Waals surface area contributed by atoms with Crippen LogP contribution in [0.15, 0.2) is 0 Å². The number of ether oxygens (including phenoxy) is 2. The number of Topliss-reactive ketones (excluding diaryl/α,β-unsaturated/α-hetero) is 3. The molecule has 0 saturated carbocycles. The van der Waals surface area contributed by atoms with Crippen LogP contribution in [0.5, 0.6) is 0 Å². The van der Waals surface area contributed by atoms with E-state index in [2.05, 4.69) is 9.47 Å². The summed E-state index contributed by atoms with van der Waals surface area (Å²) in [7, 11) is 0. The van der Waals surface area contributed by atoms with E-state index in [4.69, 9.17) is 0 Å². The molecule has 0 aromatic heterocycles. The van der Waals surface area contributed by atoms with Crippen molar-refractivity contribution in [3.8, 4) is 0 Å². The van der Waals surface area contributed by atoms with Gasteiger partial charge in [0.05, 0.1) is 26.1 Å². The van der Waals surface area contributed by atoms with E-state index in [1.807, 2.05) is 0 Å². The van der Waals surface area contributed by atoms with Crippen molar-refractivity contribution in [3.63, 3.8) is 0 Å². The lowest BCUT2D eigenvalue weighted by Gasteiger charge is -2.12. The van der Waals surface area contributed by atoms with Crippen LogP contribution in [0.4, 0.5) is 0 Å². The maximum Gasteiger partial charge on any atom is 0.328 e. The van der Waals surface area contributed by atoms with Crippen LogP contribution in [0.2, 0.25) is 0 Å². The van der Waals surface area contributed by atoms with E-state index in [0.29, 0.717) is 0 Å². The van der Waals surface area contributed by atoms with Crippen LogP contribution in [0, 0.1) is 5.92 Å². The Labute approximate surface area is 116 Å². The summed E-state index contributed by atoms with van der Waals surface area (Å²) in [5, 5.41) is 0. The molecule has 7 heteroatoms. The smallest absolute Gasteiger partial charge is 0.328 e. The zero-order valence-corrected chi connectivity index (χ0v) is 11.8. The number of hydrogen-bond donors (Lipinski definition) is 0. The number of hydrogen-bond acceptors (Lipinski definition) is 7. The molecular formula is C13H18O7. The molecule has 112 valence electrons. The second kappa shape index (κ2) is 8.95. The van der Waals surface area contributed by atoms with Crippen LogP contribution < -0.4 is 0 Å². The second-order valence-corrected chi connectivity index (χ2v) is 4.00. The molecule has 0 aliphatic carbocycles. The molecule has 0 aliphatic rings. The summed E-state index contributed by atoms with van der Waals surface area (Å²) in [5.41, 5.74) is 0. The average Bonchev–Trinajstić information content (AvgIpc) is 2.28. The summed E-state index contributed by atoms with van der Waals surface area (Å²) < 4.78 is 9.23. The highest BCUT2D eigenvalue weighted by Gasteiger charge is 2.37. The van der Waals surface area contributed by atoms with E-state index < -0.39 is 48.0 Å². The quantitative estimate of drug-likeness (QED) is 0.441. The summed E-state index contributed by atoms with van der Waals surface area (Å²) in [4.78, 5) is 57.1. The molecular weight excluding hydrogens is 268 g/mol. The van der Waals surface area contributed by atoms with Gasteiger partial charge < -0.3 is 9.47 Å². The maximum atomic E-state index is 11.8. The van der Waals surface area contributed by atoms with E-state index >= 15 is 0 Å². The summed E-state index contributed by atoms with van der Waals surface area (Å²) in [6.07, 6.45) is -1.09. The van der Waals surface area contributed by atoms with Crippen LogP contribution in [0.1, 0.15) is 33.6 Å². The lowest BCUT2D eigenvalue weighted by atomic mass is 9.98. The molecule has 0 atom stereocenters. The van der Waals surface area contributed by atoms with Crippen LogP contribution in [-0.4, -0.2) is 42.5 Å². The number of rotatable bonds is 9. The van der Waals surface area contributed by atoms with Gasteiger partial charge in [-0.15, -0.1) is 0 Å². The first-order valence-corrected chi connectivity index (χ1v) is 6.20. The lowest BCUT2D eigenvalue weighted by Crippen LogP contribution is -2.36. The molecule has 0 saturated heterocycles. The first kappa shape index (κ1) is 17.9. The summed E-state index contributed by atoms with van der Waals surface area (Å²) in [5.74, 6) is -5.84. The molecule has 0 radical (unpaired) electrons. The standard InChI is InChI=1S/C13H18O7/c1-4-19-12(17)11(13(18)20-5-2)10(16)7-9(15)6-8(3)14/h11H,4-7H2,1-3H3. The monoisotopic (exact) mass is 286 g/mol. The topological polar surface area (TPSA) is 104 Å². The van der Waals surface area contributed by atoms with E-state index in [1.165, 1.54) is 20.8 Å². The van der Waals surface area contributed by atoms with Gasteiger partial charge in [0.25, 0.3) is 0 Å². The molecule has 0 aliphatic heterocycles. The predicted molar refractivity (Wildman–Crippen MR) is 66.7 cm³/mol. The van der Waals surface area contributed by atoms with Gasteiger partial charge in [-0.05, 0) is 20.8 Å². The Morgan fingerprint density at radius 1 is 0.850 bits per heavy atom. The largest absolute Gasteiger partial charge is 0.465 e. The van der Waals surface area contributed by atoms with Crippen molar-refractivity contribution < 1.29 is 33.4 Å². The Hall–Kier alpha value is -2.05. The normalized spacial score (nSPS) is 10.0. The van der Waals surface area contributed by atoms with Gasteiger partial charge >= 0.3 is 11.9 Å². The van der Waals surface area contributed by atoms with Gasteiger partial charge in [0, 0.05) is 0 Å². The number of ketones is 3. The third-order valence-electron chi connectivity index (χ3n) is 2.18. The van der Waals surface area contributed by atoms with Gasteiger partial charge in [-0.1, -0.05) is 0 Å². The molecule has 0 N–H and O–H groups in total. The van der Waals surface area contributed by atoms with Crippen LogP contribution in [0.25, 0.3) is 0 Å². The third kappa shape index (κ3) is 6.21. The van der Waals surface area contributed by atoms with Crippen molar-refractivity contribution in [2.75, 3.05) is 13.2 Å². The first-order valence-electron chi connectivity index (χ1n) is 6.20. The molecule has 0 fully saturated rings. The fourth-order valence-corrected chi connectivity index (χ4v) is 1.45. The Kier molecular flexibility index (Phi) is 8.03. The lowest BCUT2D eigenvalue weighted by molar-refractivity contribution is -0.164. The van der Waals surface area contributed by atoms with Crippen molar-refractivity contribution in [3.05, 3.63) is 0 Å². The van der Waals surface area contributed by atoms with Gasteiger partial charge in [-0.3, -0.25) is 24.0 Å². The molecule has 0 heterocycles. The van der Waals surface area contributed by atoms with Gasteiger partial charge in [-0.2, -0.15) is 0 Å². The highest BCUT2D eigenvalue weighted by atomic mass is 16.6. The SMILES string of the molecule is CCOC(=O)C(C(=O)CC(=O)CC(C)=O)C(=O)OCC. The molecule has 0 unspecified atom stereocenters. The number of carbonyl (C=O) groups is 5. The van der Waals surface area contributed by atoms with Crippen molar-refractivity contribution in [1.82, 2.24) is 0 Å². The number of esters is 2. The molecule has 0 rings (SSSR count). The molecule has 0 aromatic rings. The van der Waals surface area contributed by atoms with Crippen molar-refractivity contribution >= 4 is 29.3 Å². The molecule has 0 amide bonds. The highest BCUT2D eigenvalue weighted by Crippen LogP contribution is 2.09. The van der Waals surface area contributed by atoms with Crippen molar-refractivity contribution in [1.29, 1.82) is 0 Å². The minimum Gasteiger partial charge on any atom is -0.465 e. The fraction of sp³-hybridized carbons (Fsp3) is 0.615. The van der Waals surface area contributed by atoms with E-state index in [0.717, 1.165) is 0 Å². The highest BCUT2D eigenvalue weighted by molar-refractivity contribution is 6.20. The summed E-state index contributed by atoms with van der Waals surface area (Å²) in [6, 6.07) is 0. The predicted octanol–water partition coefficient (Wildman–Crippen LogP) is 0.236. The average molecular weight is 286 g/mol. The maximum absolute atomic E-state index is 11.8. The minimum absolute atomic E-state index is 0.0105. The van der Waals surface area contributed by atoms with Gasteiger partial charge in [0.2, 0.25) is 5.92 Å². The zero-order chi connectivity index (χ0) is 15.7. The van der Waals surface area contributed by atoms with E-state index in [1.54, 1.807) is 0 Å². The molecule has 0 bridgehead atoms. The fourth-order valence-electron chi connectivity index (χ4n) is 1.45. The molecule has 0 spiro atoms. The molecule has 0 aromatic carbocycles. The third-order valence-corrected chi connectivity index (χ3v) is 2.18. The van der Waals surface area contributed by atoms with Crippen LogP contribution >= 0.6 is 0 Å². The minimum atomic E-state index is -1.77. The summed E-state index contributed by atoms with van der Waals surface area (Å²) in [6.45, 7) is 4.22. The Morgan fingerprint density at radius 2 is 1.30 bits per heavy atom. The number of carbonyl (C=O) groups excluding carboxylic acids is 5. The zero-order valence-electron chi connectivity index (χ0n) is 11.8. The van der Waals surface area contributed by atoms with E-state index in [-0.39, 0.29) is 13.2 Å². The van der Waals surface area contributed by atoms with E-state index in [9.17, 15) is 24.0 Å². The Bertz CT molecular complexity index is 393. The Balaban J connectivity index is 4.88. The summed E-state index contributed by atoms with van der Waals surface area (Å²) >= 11 is 0. The molecule has 20 heavy (non-hydrogen) atoms. The van der Waals surface area contributed by atoms with Crippen LogP contribution in [0.3, 0.4) is 0 Å².